The molecule has 0 spiro atoms. The molecule has 20 heavy (non-hydrogen) atoms. The molecule has 0 radical (unpaired) electrons. The van der Waals surface area contributed by atoms with E-state index < -0.39 is 0 Å². The Morgan fingerprint density at radius 3 is 2.70 bits per heavy atom. The first-order valence-corrected chi connectivity index (χ1v) is 6.91. The Balaban J connectivity index is 2.19. The Labute approximate surface area is 120 Å². The van der Waals surface area contributed by atoms with Crippen LogP contribution in [0.1, 0.15) is 23.3 Å². The van der Waals surface area contributed by atoms with E-state index in [0.29, 0.717) is 29.0 Å². The van der Waals surface area contributed by atoms with Crippen LogP contribution >= 0.6 is 11.6 Å². The zero-order chi connectivity index (χ0) is 14.3. The molecule has 0 unspecified atom stereocenters. The molecule has 1 aliphatic heterocycles. The van der Waals surface area contributed by atoms with Crippen LogP contribution in [0.3, 0.4) is 0 Å². The van der Waals surface area contributed by atoms with E-state index in [1.165, 1.54) is 0 Å². The fourth-order valence-electron chi connectivity index (χ4n) is 2.56. The predicted octanol–water partition coefficient (Wildman–Crippen LogP) is 1.82. The second-order valence-electron chi connectivity index (χ2n) is 4.96. The van der Waals surface area contributed by atoms with E-state index in [1.54, 1.807) is 34.8 Å². The van der Waals surface area contributed by atoms with Gasteiger partial charge in [0.2, 0.25) is 5.43 Å². The summed E-state index contributed by atoms with van der Waals surface area (Å²) in [5, 5.41) is 5.05. The van der Waals surface area contributed by atoms with Crippen LogP contribution in [0.2, 0.25) is 5.02 Å². The van der Waals surface area contributed by atoms with Crippen molar-refractivity contribution in [1.82, 2.24) is 14.7 Å². The van der Waals surface area contributed by atoms with Crippen molar-refractivity contribution in [2.24, 2.45) is 7.05 Å². The van der Waals surface area contributed by atoms with Gasteiger partial charge in [0.25, 0.3) is 5.91 Å². The molecule has 0 N–H and O–H groups in total. The van der Waals surface area contributed by atoms with Gasteiger partial charge in [0.1, 0.15) is 0 Å². The van der Waals surface area contributed by atoms with Gasteiger partial charge in [-0.2, -0.15) is 5.10 Å². The smallest absolute Gasteiger partial charge is 0.278 e. The third kappa shape index (κ3) is 2.08. The van der Waals surface area contributed by atoms with Crippen molar-refractivity contribution in [2.75, 3.05) is 13.1 Å². The molecule has 3 rings (SSSR count). The van der Waals surface area contributed by atoms with Crippen LogP contribution in [0, 0.1) is 0 Å². The quantitative estimate of drug-likeness (QED) is 0.805. The monoisotopic (exact) mass is 291 g/mol. The van der Waals surface area contributed by atoms with Gasteiger partial charge in [0.15, 0.2) is 5.69 Å². The van der Waals surface area contributed by atoms with Gasteiger partial charge in [0, 0.05) is 25.2 Å². The minimum atomic E-state index is -0.350. The largest absolute Gasteiger partial charge is 0.337 e. The summed E-state index contributed by atoms with van der Waals surface area (Å²) in [6, 6.07) is 5.02. The number of hydrogen-bond acceptors (Lipinski definition) is 3. The van der Waals surface area contributed by atoms with Crippen molar-refractivity contribution >= 4 is 28.4 Å². The average molecular weight is 292 g/mol. The van der Waals surface area contributed by atoms with E-state index in [9.17, 15) is 9.59 Å². The lowest BCUT2D eigenvalue weighted by molar-refractivity contribution is 0.0783. The predicted molar refractivity (Wildman–Crippen MR) is 77.1 cm³/mol. The Bertz CT molecular complexity index is 748. The first kappa shape index (κ1) is 13.1. The summed E-state index contributed by atoms with van der Waals surface area (Å²) in [6.07, 6.45) is 1.96. The number of rotatable bonds is 1. The van der Waals surface area contributed by atoms with E-state index in [4.69, 9.17) is 11.6 Å². The molecule has 1 aromatic carbocycles. The summed E-state index contributed by atoms with van der Waals surface area (Å²) in [5.74, 6) is -0.287. The van der Waals surface area contributed by atoms with Crippen molar-refractivity contribution in [1.29, 1.82) is 0 Å². The lowest BCUT2D eigenvalue weighted by Crippen LogP contribution is -2.34. The van der Waals surface area contributed by atoms with Crippen LogP contribution in [0.4, 0.5) is 0 Å². The molecule has 1 fully saturated rings. The topological polar surface area (TPSA) is 55.2 Å². The standard InChI is InChI=1S/C14H14ClN3O2/c1-17-11-5-4-9(15)8-10(11)13(19)12(16-17)14(20)18-6-2-3-7-18/h4-5,8H,2-3,6-7H2,1H3. The van der Waals surface area contributed by atoms with Gasteiger partial charge < -0.3 is 4.90 Å². The fraction of sp³-hybridized carbons (Fsp3) is 0.357. The van der Waals surface area contributed by atoms with E-state index in [2.05, 4.69) is 5.10 Å². The number of benzene rings is 1. The first-order chi connectivity index (χ1) is 9.58. The van der Waals surface area contributed by atoms with Gasteiger partial charge >= 0.3 is 0 Å². The third-order valence-corrected chi connectivity index (χ3v) is 3.85. The maximum atomic E-state index is 12.4. The minimum absolute atomic E-state index is 0.0239. The van der Waals surface area contributed by atoms with E-state index in [-0.39, 0.29) is 17.0 Å². The zero-order valence-corrected chi connectivity index (χ0v) is 11.9. The summed E-state index contributed by atoms with van der Waals surface area (Å²) < 4.78 is 1.55. The Kier molecular flexibility index (Phi) is 3.22. The summed E-state index contributed by atoms with van der Waals surface area (Å²) >= 11 is 5.94. The van der Waals surface area contributed by atoms with Gasteiger partial charge in [-0.25, -0.2) is 0 Å². The molecule has 2 heterocycles. The molecule has 1 amide bonds. The molecule has 6 heteroatoms. The number of halogens is 1. The van der Waals surface area contributed by atoms with Gasteiger partial charge in [-0.05, 0) is 31.0 Å². The van der Waals surface area contributed by atoms with E-state index >= 15 is 0 Å². The number of carbonyl (C=O) groups is 1. The Hall–Kier alpha value is -1.88. The molecule has 0 bridgehead atoms. The molecule has 1 aromatic heterocycles. The van der Waals surface area contributed by atoms with Gasteiger partial charge in [-0.3, -0.25) is 14.3 Å². The minimum Gasteiger partial charge on any atom is -0.337 e. The van der Waals surface area contributed by atoms with Crippen LogP contribution in [0.25, 0.3) is 10.9 Å². The third-order valence-electron chi connectivity index (χ3n) is 3.61. The SMILES string of the molecule is Cn1nc(C(=O)N2CCCC2)c(=O)c2cc(Cl)ccc21. The number of aryl methyl sites for hydroxylation is 1. The molecule has 0 atom stereocenters. The van der Waals surface area contributed by atoms with Crippen molar-refractivity contribution in [3.63, 3.8) is 0 Å². The van der Waals surface area contributed by atoms with Crippen molar-refractivity contribution in [3.8, 4) is 0 Å². The summed E-state index contributed by atoms with van der Waals surface area (Å²) in [4.78, 5) is 26.5. The molecule has 0 aliphatic carbocycles. The maximum absolute atomic E-state index is 12.4. The number of aromatic nitrogens is 2. The van der Waals surface area contributed by atoms with Crippen LogP contribution in [0.15, 0.2) is 23.0 Å². The number of fused-ring (bicyclic) bond motifs is 1. The average Bonchev–Trinajstić information content (AvgIpc) is 2.96. The normalized spacial score (nSPS) is 15.0. The molecule has 5 nitrogen and oxygen atoms in total. The molecule has 104 valence electrons. The van der Waals surface area contributed by atoms with E-state index in [1.807, 2.05) is 0 Å². The first-order valence-electron chi connectivity index (χ1n) is 6.54. The molecule has 0 saturated carbocycles. The number of amides is 1. The van der Waals surface area contributed by atoms with Crippen LogP contribution in [-0.2, 0) is 7.05 Å². The second kappa shape index (κ2) is 4.90. The molecule has 1 aliphatic rings. The fourth-order valence-corrected chi connectivity index (χ4v) is 2.73. The van der Waals surface area contributed by atoms with Gasteiger partial charge in [-0.15, -0.1) is 0 Å². The Morgan fingerprint density at radius 1 is 1.30 bits per heavy atom. The second-order valence-corrected chi connectivity index (χ2v) is 5.40. The molecule has 1 saturated heterocycles. The van der Waals surface area contributed by atoms with Crippen molar-refractivity contribution in [3.05, 3.63) is 39.1 Å². The highest BCUT2D eigenvalue weighted by atomic mass is 35.5. The van der Waals surface area contributed by atoms with Crippen molar-refractivity contribution in [2.45, 2.75) is 12.8 Å². The zero-order valence-electron chi connectivity index (χ0n) is 11.1. The maximum Gasteiger partial charge on any atom is 0.278 e. The highest BCUT2D eigenvalue weighted by molar-refractivity contribution is 6.31. The Morgan fingerprint density at radius 2 is 2.00 bits per heavy atom. The molecular weight excluding hydrogens is 278 g/mol. The molecule has 2 aromatic rings. The number of carbonyl (C=O) groups excluding carboxylic acids is 1. The van der Waals surface area contributed by atoms with E-state index in [0.717, 1.165) is 12.8 Å². The van der Waals surface area contributed by atoms with Crippen LogP contribution < -0.4 is 5.43 Å². The molecular formula is C14H14ClN3O2. The van der Waals surface area contributed by atoms with Crippen LogP contribution in [0.5, 0.6) is 0 Å². The summed E-state index contributed by atoms with van der Waals surface area (Å²) in [6.45, 7) is 1.38. The lowest BCUT2D eigenvalue weighted by Gasteiger charge is -2.15. The van der Waals surface area contributed by atoms with Gasteiger partial charge in [0.05, 0.1) is 10.9 Å². The number of likely N-dealkylation sites (tertiary alicyclic amines) is 1. The van der Waals surface area contributed by atoms with Crippen molar-refractivity contribution < 1.29 is 4.79 Å². The summed E-state index contributed by atoms with van der Waals surface area (Å²) in [7, 11) is 1.72. The highest BCUT2D eigenvalue weighted by Crippen LogP contribution is 2.17. The van der Waals surface area contributed by atoms with Crippen LogP contribution in [-0.4, -0.2) is 33.7 Å². The summed E-state index contributed by atoms with van der Waals surface area (Å²) in [5.41, 5.74) is 0.291. The number of nitrogens with zero attached hydrogens (tertiary/aromatic N) is 3. The lowest BCUT2D eigenvalue weighted by atomic mass is 10.2. The number of hydrogen-bond donors (Lipinski definition) is 0. The van der Waals surface area contributed by atoms with Gasteiger partial charge in [-0.1, -0.05) is 11.6 Å². The highest BCUT2D eigenvalue weighted by Gasteiger charge is 2.24.